The third kappa shape index (κ3) is 2.78. The minimum atomic E-state index is -1.06. The van der Waals surface area contributed by atoms with Crippen molar-refractivity contribution in [2.75, 3.05) is 13.1 Å². The number of carbonyl (C=O) groups is 1. The van der Waals surface area contributed by atoms with Crippen molar-refractivity contribution in [3.63, 3.8) is 0 Å². The van der Waals surface area contributed by atoms with Gasteiger partial charge in [-0.1, -0.05) is 24.3 Å². The Kier molecular flexibility index (Phi) is 3.84. The van der Waals surface area contributed by atoms with Crippen LogP contribution in [0, 0.1) is 0 Å². The Balaban J connectivity index is 1.66. The highest BCUT2D eigenvalue weighted by Crippen LogP contribution is 2.47. The van der Waals surface area contributed by atoms with E-state index in [-0.39, 0.29) is 18.7 Å². The fourth-order valence-electron chi connectivity index (χ4n) is 4.16. The number of amides is 1. The largest absolute Gasteiger partial charge is 0.444 e. The van der Waals surface area contributed by atoms with Gasteiger partial charge in [0, 0.05) is 12.1 Å². The van der Waals surface area contributed by atoms with E-state index in [1.165, 1.54) is 0 Å². The number of imidazole rings is 1. The first-order chi connectivity index (χ1) is 12.3. The number of aliphatic hydroxyl groups is 1. The lowest BCUT2D eigenvalue weighted by Gasteiger charge is -2.43. The standard InChI is InChI=1S/C20H25N3O3/c1-19(2,3)26-18(24)22-10-6-9-20(25,12-22)17-15-8-5-4-7-14(15)16-11-21-13-23(16)17/h4-5,7-8,11,13,17,25H,6,9-10,12H2,1-3H3. The zero-order valence-corrected chi connectivity index (χ0v) is 15.5. The summed E-state index contributed by atoms with van der Waals surface area (Å²) in [5.74, 6) is 0. The Bertz CT molecular complexity index is 839. The molecular formula is C20H25N3O3. The quantitative estimate of drug-likeness (QED) is 0.853. The fourth-order valence-corrected chi connectivity index (χ4v) is 4.16. The second-order valence-electron chi connectivity index (χ2n) is 8.28. The first kappa shape index (κ1) is 17.1. The van der Waals surface area contributed by atoms with Crippen LogP contribution in [0.1, 0.15) is 45.2 Å². The Hall–Kier alpha value is -2.34. The van der Waals surface area contributed by atoms with Gasteiger partial charge in [0.15, 0.2) is 0 Å². The first-order valence-electron chi connectivity index (χ1n) is 9.10. The molecule has 6 nitrogen and oxygen atoms in total. The van der Waals surface area contributed by atoms with E-state index in [2.05, 4.69) is 17.1 Å². The zero-order chi connectivity index (χ0) is 18.5. The van der Waals surface area contributed by atoms with Crippen LogP contribution in [-0.2, 0) is 4.74 Å². The van der Waals surface area contributed by atoms with Crippen LogP contribution < -0.4 is 0 Å². The van der Waals surface area contributed by atoms with Gasteiger partial charge >= 0.3 is 6.09 Å². The number of carbonyl (C=O) groups excluding carboxylic acids is 1. The number of benzene rings is 1. The van der Waals surface area contributed by atoms with E-state index in [9.17, 15) is 9.90 Å². The van der Waals surface area contributed by atoms with Gasteiger partial charge in [-0.05, 0) is 39.2 Å². The molecular weight excluding hydrogens is 330 g/mol. The van der Waals surface area contributed by atoms with Crippen molar-refractivity contribution in [2.24, 2.45) is 0 Å². The molecule has 2 atom stereocenters. The van der Waals surface area contributed by atoms with Crippen molar-refractivity contribution in [3.05, 3.63) is 42.4 Å². The molecule has 26 heavy (non-hydrogen) atoms. The number of piperidine rings is 1. The van der Waals surface area contributed by atoms with Crippen LogP contribution in [0.3, 0.4) is 0 Å². The molecule has 1 aromatic heterocycles. The molecule has 2 aromatic rings. The van der Waals surface area contributed by atoms with Crippen LogP contribution >= 0.6 is 0 Å². The first-order valence-corrected chi connectivity index (χ1v) is 9.10. The molecule has 3 heterocycles. The molecule has 1 aromatic carbocycles. The maximum absolute atomic E-state index is 12.5. The molecule has 0 radical (unpaired) electrons. The van der Waals surface area contributed by atoms with Gasteiger partial charge in [-0.15, -0.1) is 0 Å². The lowest BCUT2D eigenvalue weighted by molar-refractivity contribution is -0.0626. The van der Waals surface area contributed by atoms with E-state index in [1.54, 1.807) is 11.2 Å². The lowest BCUT2D eigenvalue weighted by atomic mass is 9.82. The van der Waals surface area contributed by atoms with E-state index < -0.39 is 11.2 Å². The molecule has 2 aliphatic heterocycles. The molecule has 0 spiro atoms. The van der Waals surface area contributed by atoms with E-state index >= 15 is 0 Å². The third-order valence-electron chi connectivity index (χ3n) is 5.14. The topological polar surface area (TPSA) is 67.6 Å². The maximum Gasteiger partial charge on any atom is 0.410 e. The molecule has 1 amide bonds. The smallest absolute Gasteiger partial charge is 0.410 e. The molecule has 0 aliphatic carbocycles. The summed E-state index contributed by atoms with van der Waals surface area (Å²) in [6.45, 7) is 6.41. The summed E-state index contributed by atoms with van der Waals surface area (Å²) in [6.07, 6.45) is 4.59. The van der Waals surface area contributed by atoms with E-state index in [0.717, 1.165) is 23.2 Å². The predicted octanol–water partition coefficient (Wildman–Crippen LogP) is 3.21. The van der Waals surface area contributed by atoms with Crippen LogP contribution in [-0.4, -0.2) is 49.9 Å². The number of ether oxygens (including phenoxy) is 1. The average Bonchev–Trinajstić information content (AvgIpc) is 3.13. The van der Waals surface area contributed by atoms with Gasteiger partial charge in [0.2, 0.25) is 0 Å². The molecule has 4 rings (SSSR count). The average molecular weight is 355 g/mol. The monoisotopic (exact) mass is 355 g/mol. The molecule has 0 saturated carbocycles. The summed E-state index contributed by atoms with van der Waals surface area (Å²) in [7, 11) is 0. The highest BCUT2D eigenvalue weighted by Gasteiger charge is 2.47. The highest BCUT2D eigenvalue weighted by atomic mass is 16.6. The van der Waals surface area contributed by atoms with Crippen molar-refractivity contribution in [1.29, 1.82) is 0 Å². The number of nitrogens with zero attached hydrogens (tertiary/aromatic N) is 3. The molecule has 1 fully saturated rings. The van der Waals surface area contributed by atoms with Crippen molar-refractivity contribution in [2.45, 2.75) is 50.9 Å². The second-order valence-corrected chi connectivity index (χ2v) is 8.28. The number of β-amino-alcohol motifs (C(OH)–C–C–N with tert-alkyl or cyclic N) is 1. The normalized spacial score (nSPS) is 24.9. The van der Waals surface area contributed by atoms with Crippen LogP contribution in [0.2, 0.25) is 0 Å². The van der Waals surface area contributed by atoms with Gasteiger partial charge in [0.1, 0.15) is 11.2 Å². The van der Waals surface area contributed by atoms with Gasteiger partial charge in [-0.25, -0.2) is 9.78 Å². The zero-order valence-electron chi connectivity index (χ0n) is 15.5. The maximum atomic E-state index is 12.5. The summed E-state index contributed by atoms with van der Waals surface area (Å²) in [6, 6.07) is 7.85. The molecule has 6 heteroatoms. The van der Waals surface area contributed by atoms with Crippen LogP contribution in [0.15, 0.2) is 36.8 Å². The van der Waals surface area contributed by atoms with Crippen LogP contribution in [0.5, 0.6) is 0 Å². The molecule has 1 saturated heterocycles. The number of hydrogen-bond donors (Lipinski definition) is 1. The fraction of sp³-hybridized carbons (Fsp3) is 0.500. The van der Waals surface area contributed by atoms with Crippen molar-refractivity contribution < 1.29 is 14.6 Å². The van der Waals surface area contributed by atoms with E-state index in [1.807, 2.05) is 43.7 Å². The molecule has 0 bridgehead atoms. The van der Waals surface area contributed by atoms with E-state index in [4.69, 9.17) is 4.74 Å². The van der Waals surface area contributed by atoms with Crippen molar-refractivity contribution in [3.8, 4) is 11.3 Å². The Morgan fingerprint density at radius 1 is 1.35 bits per heavy atom. The SMILES string of the molecule is CC(C)(C)OC(=O)N1CCCC(O)(C2c3ccccc3-c3cncn32)C1. The van der Waals surface area contributed by atoms with E-state index in [0.29, 0.717) is 13.0 Å². The Morgan fingerprint density at radius 2 is 2.12 bits per heavy atom. The molecule has 138 valence electrons. The van der Waals surface area contributed by atoms with Crippen molar-refractivity contribution >= 4 is 6.09 Å². The Morgan fingerprint density at radius 3 is 2.88 bits per heavy atom. The second kappa shape index (κ2) is 5.84. The highest BCUT2D eigenvalue weighted by molar-refractivity contribution is 5.70. The minimum absolute atomic E-state index is 0.249. The molecule has 2 aliphatic rings. The summed E-state index contributed by atoms with van der Waals surface area (Å²) >= 11 is 0. The number of fused-ring (bicyclic) bond motifs is 3. The minimum Gasteiger partial charge on any atom is -0.444 e. The van der Waals surface area contributed by atoms with Gasteiger partial charge in [0.05, 0.1) is 30.8 Å². The predicted molar refractivity (Wildman–Crippen MR) is 97.8 cm³/mol. The number of aromatic nitrogens is 2. The summed E-state index contributed by atoms with van der Waals surface area (Å²) in [4.78, 5) is 18.4. The van der Waals surface area contributed by atoms with Gasteiger partial charge in [-0.3, -0.25) is 0 Å². The molecule has 1 N–H and O–H groups in total. The number of rotatable bonds is 1. The summed E-state index contributed by atoms with van der Waals surface area (Å²) in [5.41, 5.74) is 1.58. The summed E-state index contributed by atoms with van der Waals surface area (Å²) in [5, 5.41) is 11.6. The van der Waals surface area contributed by atoms with Crippen LogP contribution in [0.25, 0.3) is 11.3 Å². The summed E-state index contributed by atoms with van der Waals surface area (Å²) < 4.78 is 7.54. The van der Waals surface area contributed by atoms with Gasteiger partial charge < -0.3 is 19.3 Å². The van der Waals surface area contributed by atoms with Crippen molar-refractivity contribution in [1.82, 2.24) is 14.5 Å². The number of likely N-dealkylation sites (tertiary alicyclic amines) is 1. The molecule has 2 unspecified atom stereocenters. The van der Waals surface area contributed by atoms with Gasteiger partial charge in [-0.2, -0.15) is 0 Å². The van der Waals surface area contributed by atoms with Gasteiger partial charge in [0.25, 0.3) is 0 Å². The number of hydrogen-bond acceptors (Lipinski definition) is 4. The Labute approximate surface area is 153 Å². The lowest BCUT2D eigenvalue weighted by Crippen LogP contribution is -2.55. The third-order valence-corrected chi connectivity index (χ3v) is 5.14. The van der Waals surface area contributed by atoms with Crippen LogP contribution in [0.4, 0.5) is 4.79 Å².